The molecule has 0 saturated heterocycles. The molecule has 0 radical (unpaired) electrons. The van der Waals surface area contributed by atoms with Crippen LogP contribution in [0.4, 0.5) is 0 Å². The van der Waals surface area contributed by atoms with Crippen LogP contribution in [-0.4, -0.2) is 19.6 Å². The summed E-state index contributed by atoms with van der Waals surface area (Å²) in [4.78, 5) is 10.5. The molecule has 0 spiro atoms. The van der Waals surface area contributed by atoms with Crippen molar-refractivity contribution >= 4 is 32.6 Å². The Morgan fingerprint density at radius 2 is 1.21 bits per heavy atom. The number of para-hydroxylation sites is 1. The van der Waals surface area contributed by atoms with Gasteiger partial charge in [0.25, 0.3) is 0 Å². The normalized spacial score (nSPS) is 12.3. The van der Waals surface area contributed by atoms with Crippen molar-refractivity contribution in [1.82, 2.24) is 14.5 Å². The van der Waals surface area contributed by atoms with Gasteiger partial charge >= 0.3 is 0 Å². The maximum atomic E-state index is 12.5. The first-order valence-electron chi connectivity index (χ1n) is 21.0. The quantitative estimate of drug-likeness (QED) is 0.138. The predicted molar refractivity (Wildman–Crippen MR) is 252 cm³/mol. The zero-order valence-electron chi connectivity index (χ0n) is 36.5. The topological polar surface area (TPSA) is 50.9 Å². The molecule has 0 saturated carbocycles. The molecule has 1 N–H and O–H groups in total. The number of aromatic nitrogens is 3. The van der Waals surface area contributed by atoms with E-state index in [1.165, 1.54) is 16.3 Å². The minimum atomic E-state index is -0.317. The van der Waals surface area contributed by atoms with Crippen LogP contribution < -0.4 is 0 Å². The predicted octanol–water partition coefficient (Wildman–Crippen LogP) is 14.8. The van der Waals surface area contributed by atoms with Gasteiger partial charge in [0.15, 0.2) is 0 Å². The van der Waals surface area contributed by atoms with Gasteiger partial charge in [0.2, 0.25) is 0 Å². The van der Waals surface area contributed by atoms with Gasteiger partial charge < -0.3 is 5.11 Å². The fourth-order valence-corrected chi connectivity index (χ4v) is 8.45. The van der Waals surface area contributed by atoms with E-state index >= 15 is 0 Å². The van der Waals surface area contributed by atoms with Crippen LogP contribution in [0.1, 0.15) is 79.0 Å². The van der Waals surface area contributed by atoms with E-state index in [2.05, 4.69) is 206 Å². The molecule has 2 aromatic heterocycles. The SMILES string of the molecule is CC(C)(C)c1cc(-c2cc(-c3ccccc3)ccn2)[c-]c(-c2cccc3c2nc(-c2cc(C(C)(C)C)cc(C(C)(C)C)c2O)n3-c2cccc3ccc4ccccc4c23)c1.[Pt]. The van der Waals surface area contributed by atoms with Crippen LogP contribution in [0.25, 0.3) is 83.2 Å². The number of benzene rings is 7. The standard InChI is InChI=1S/C56H52N3O.Pt/c1-54(2,3)41-30-39(29-40(31-41)47-32-38(27-28-57-47)35-17-11-10-12-18-35)44-22-16-24-49-51(44)58-53(45-33-42(55(4,5)6)34-46(52(45)60)56(7,8)9)59(49)48-23-15-20-37-26-25-36-19-13-14-21-43(36)50(37)48;/h10-28,30-34,60H,1-9H3;/q-1;. The molecule has 7 aromatic carbocycles. The molecule has 61 heavy (non-hydrogen) atoms. The second-order valence-electron chi connectivity index (χ2n) is 19.3. The molecule has 0 fully saturated rings. The molecular formula is C56H52N3OPt-. The second-order valence-corrected chi connectivity index (χ2v) is 19.3. The third kappa shape index (κ3) is 7.72. The van der Waals surface area contributed by atoms with Crippen molar-refractivity contribution in [3.8, 4) is 56.3 Å². The molecule has 9 rings (SSSR count). The van der Waals surface area contributed by atoms with Crippen LogP contribution in [0.2, 0.25) is 0 Å². The number of phenolic OH excluding ortho intramolecular Hbond substituents is 1. The zero-order chi connectivity index (χ0) is 42.1. The summed E-state index contributed by atoms with van der Waals surface area (Å²) < 4.78 is 2.28. The van der Waals surface area contributed by atoms with E-state index in [1.54, 1.807) is 0 Å². The van der Waals surface area contributed by atoms with Crippen molar-refractivity contribution in [2.45, 2.75) is 78.6 Å². The first-order valence-corrected chi connectivity index (χ1v) is 21.0. The monoisotopic (exact) mass is 977 g/mol. The van der Waals surface area contributed by atoms with E-state index in [-0.39, 0.29) is 43.1 Å². The van der Waals surface area contributed by atoms with Crippen molar-refractivity contribution in [2.24, 2.45) is 0 Å². The maximum Gasteiger partial charge on any atom is 0.148 e. The number of pyridine rings is 1. The van der Waals surface area contributed by atoms with Crippen LogP contribution in [0, 0.1) is 6.07 Å². The van der Waals surface area contributed by atoms with E-state index in [4.69, 9.17) is 9.97 Å². The fourth-order valence-electron chi connectivity index (χ4n) is 8.45. The Balaban J connectivity index is 0.00000514. The Morgan fingerprint density at radius 1 is 0.557 bits per heavy atom. The Morgan fingerprint density at radius 3 is 1.95 bits per heavy atom. The molecule has 5 heteroatoms. The van der Waals surface area contributed by atoms with Crippen LogP contribution in [0.15, 0.2) is 146 Å². The molecule has 0 atom stereocenters. The third-order valence-corrected chi connectivity index (χ3v) is 11.9. The number of hydrogen-bond donors (Lipinski definition) is 1. The Hall–Kier alpha value is -5.83. The van der Waals surface area contributed by atoms with Crippen LogP contribution in [0.3, 0.4) is 0 Å². The Labute approximate surface area is 374 Å². The Kier molecular flexibility index (Phi) is 10.7. The van der Waals surface area contributed by atoms with E-state index in [9.17, 15) is 5.11 Å². The van der Waals surface area contributed by atoms with E-state index < -0.39 is 0 Å². The summed E-state index contributed by atoms with van der Waals surface area (Å²) in [5.41, 5.74) is 12.0. The van der Waals surface area contributed by atoms with E-state index in [0.717, 1.165) is 72.1 Å². The van der Waals surface area contributed by atoms with Gasteiger partial charge in [-0.05, 0) is 73.4 Å². The summed E-state index contributed by atoms with van der Waals surface area (Å²) in [5.74, 6) is 0.947. The van der Waals surface area contributed by atoms with Crippen LogP contribution >= 0.6 is 0 Å². The first-order chi connectivity index (χ1) is 28.6. The minimum Gasteiger partial charge on any atom is -0.507 e. The molecule has 0 aliphatic heterocycles. The number of fused-ring (bicyclic) bond motifs is 4. The largest absolute Gasteiger partial charge is 0.507 e. The molecule has 4 nitrogen and oxygen atoms in total. The third-order valence-electron chi connectivity index (χ3n) is 11.9. The summed E-state index contributed by atoms with van der Waals surface area (Å²) >= 11 is 0. The van der Waals surface area contributed by atoms with Crippen molar-refractivity contribution in [1.29, 1.82) is 0 Å². The van der Waals surface area contributed by atoms with Crippen molar-refractivity contribution in [2.75, 3.05) is 0 Å². The molecular weight excluding hydrogens is 926 g/mol. The van der Waals surface area contributed by atoms with E-state index in [1.807, 2.05) is 12.3 Å². The molecule has 0 aliphatic rings. The Bertz CT molecular complexity index is 3100. The van der Waals surface area contributed by atoms with Crippen LogP contribution in [-0.2, 0) is 37.3 Å². The number of nitrogens with zero attached hydrogens (tertiary/aromatic N) is 3. The maximum absolute atomic E-state index is 12.5. The number of rotatable bonds is 5. The van der Waals surface area contributed by atoms with Crippen molar-refractivity contribution < 1.29 is 26.2 Å². The van der Waals surface area contributed by atoms with Gasteiger partial charge in [-0.1, -0.05) is 177 Å². The van der Waals surface area contributed by atoms with Gasteiger partial charge in [0, 0.05) is 43.9 Å². The van der Waals surface area contributed by atoms with Gasteiger partial charge in [-0.25, -0.2) is 4.98 Å². The summed E-state index contributed by atoms with van der Waals surface area (Å²) in [6.07, 6.45) is 1.89. The smallest absolute Gasteiger partial charge is 0.148 e. The van der Waals surface area contributed by atoms with Gasteiger partial charge in [0.05, 0.1) is 22.3 Å². The fraction of sp³-hybridized carbons (Fsp3) is 0.214. The second kappa shape index (κ2) is 15.6. The first kappa shape index (κ1) is 41.9. The molecule has 0 aliphatic carbocycles. The molecule has 0 amide bonds. The zero-order valence-corrected chi connectivity index (χ0v) is 38.7. The summed E-state index contributed by atoms with van der Waals surface area (Å²) in [5, 5.41) is 17.1. The number of aromatic hydroxyl groups is 1. The average Bonchev–Trinajstić information content (AvgIpc) is 3.62. The van der Waals surface area contributed by atoms with Crippen molar-refractivity contribution in [3.05, 3.63) is 168 Å². The average molecular weight is 978 g/mol. The van der Waals surface area contributed by atoms with Crippen LogP contribution in [0.5, 0.6) is 5.75 Å². The van der Waals surface area contributed by atoms with Gasteiger partial charge in [-0.15, -0.1) is 29.3 Å². The number of imidazole rings is 1. The van der Waals surface area contributed by atoms with Gasteiger partial charge in [-0.2, -0.15) is 0 Å². The van der Waals surface area contributed by atoms with Crippen molar-refractivity contribution in [3.63, 3.8) is 0 Å². The number of hydrogen-bond acceptors (Lipinski definition) is 3. The van der Waals surface area contributed by atoms with Gasteiger partial charge in [0.1, 0.15) is 11.6 Å². The molecule has 0 bridgehead atoms. The molecule has 0 unspecified atom stereocenters. The molecule has 308 valence electrons. The molecule has 2 heterocycles. The summed E-state index contributed by atoms with van der Waals surface area (Å²) in [6.45, 7) is 19.9. The number of phenols is 1. The minimum absolute atomic E-state index is 0. The summed E-state index contributed by atoms with van der Waals surface area (Å²) in [6, 6.07) is 53.2. The van der Waals surface area contributed by atoms with E-state index in [0.29, 0.717) is 11.4 Å². The summed E-state index contributed by atoms with van der Waals surface area (Å²) in [7, 11) is 0. The van der Waals surface area contributed by atoms with Gasteiger partial charge in [-0.3, -0.25) is 9.55 Å². The molecule has 9 aromatic rings.